The highest BCUT2D eigenvalue weighted by Crippen LogP contribution is 2.25. The molecule has 0 aliphatic carbocycles. The van der Waals surface area contributed by atoms with E-state index in [0.29, 0.717) is 6.04 Å². The summed E-state index contributed by atoms with van der Waals surface area (Å²) in [4.78, 5) is 0. The molecular weight excluding hydrogens is 349 g/mol. The molecule has 1 aromatic heterocycles. The van der Waals surface area contributed by atoms with Gasteiger partial charge in [0.15, 0.2) is 0 Å². The highest BCUT2D eigenvalue weighted by atomic mass is 127. The first-order chi connectivity index (χ1) is 9.11. The minimum absolute atomic E-state index is 0.326. The van der Waals surface area contributed by atoms with Crippen molar-refractivity contribution in [3.63, 3.8) is 0 Å². The second kappa shape index (κ2) is 6.52. The summed E-state index contributed by atoms with van der Waals surface area (Å²) < 4.78 is 3.21. The second-order valence-corrected chi connectivity index (χ2v) is 5.85. The van der Waals surface area contributed by atoms with E-state index in [2.05, 4.69) is 71.1 Å². The van der Waals surface area contributed by atoms with Crippen LogP contribution < -0.4 is 5.32 Å². The summed E-state index contributed by atoms with van der Waals surface area (Å²) in [5.41, 5.74) is 3.83. The van der Waals surface area contributed by atoms with Crippen molar-refractivity contribution in [2.24, 2.45) is 7.05 Å². The Hall–Kier alpha value is -0.880. The maximum atomic E-state index is 4.48. The number of rotatable bonds is 5. The fourth-order valence-corrected chi connectivity index (χ4v) is 2.99. The van der Waals surface area contributed by atoms with E-state index in [4.69, 9.17) is 0 Å². The van der Waals surface area contributed by atoms with E-state index in [1.54, 1.807) is 0 Å². The van der Waals surface area contributed by atoms with Gasteiger partial charge in [0.1, 0.15) is 0 Å². The molecular formula is C15H20IN3. The first-order valence-corrected chi connectivity index (χ1v) is 7.66. The van der Waals surface area contributed by atoms with Crippen LogP contribution in [-0.4, -0.2) is 16.3 Å². The highest BCUT2D eigenvalue weighted by molar-refractivity contribution is 14.1. The van der Waals surface area contributed by atoms with Gasteiger partial charge in [0.2, 0.25) is 0 Å². The van der Waals surface area contributed by atoms with Crippen LogP contribution in [0.15, 0.2) is 30.5 Å². The van der Waals surface area contributed by atoms with Gasteiger partial charge in [0.05, 0.1) is 5.69 Å². The number of halogens is 1. The van der Waals surface area contributed by atoms with Crippen molar-refractivity contribution in [3.05, 3.63) is 50.9 Å². The van der Waals surface area contributed by atoms with Crippen molar-refractivity contribution in [2.45, 2.75) is 26.3 Å². The molecule has 3 nitrogen and oxygen atoms in total. The Labute approximate surface area is 128 Å². The van der Waals surface area contributed by atoms with E-state index >= 15 is 0 Å². The maximum Gasteiger partial charge on any atom is 0.0643 e. The molecule has 1 N–H and O–H groups in total. The number of benzene rings is 1. The van der Waals surface area contributed by atoms with E-state index in [1.807, 2.05) is 17.9 Å². The van der Waals surface area contributed by atoms with Crippen LogP contribution in [0.3, 0.4) is 0 Å². The first kappa shape index (κ1) is 14.5. The van der Waals surface area contributed by atoms with Crippen molar-refractivity contribution in [3.8, 4) is 0 Å². The number of hydrogen-bond donors (Lipinski definition) is 1. The lowest BCUT2D eigenvalue weighted by molar-refractivity contribution is 0.537. The highest BCUT2D eigenvalue weighted by Gasteiger charge is 2.16. The number of nitrogens with one attached hydrogen (secondary N) is 1. The van der Waals surface area contributed by atoms with Gasteiger partial charge in [-0.05, 0) is 53.3 Å². The molecule has 0 saturated carbocycles. The molecule has 1 unspecified atom stereocenters. The maximum absolute atomic E-state index is 4.48. The van der Waals surface area contributed by atoms with Gasteiger partial charge in [-0.15, -0.1) is 0 Å². The Bertz CT molecular complexity index is 548. The molecule has 2 rings (SSSR count). The summed E-state index contributed by atoms with van der Waals surface area (Å²) in [6.07, 6.45) is 2.92. The van der Waals surface area contributed by atoms with Gasteiger partial charge in [0, 0.05) is 29.3 Å². The number of aryl methyl sites for hydroxylation is 2. The van der Waals surface area contributed by atoms with Crippen LogP contribution >= 0.6 is 22.6 Å². The minimum atomic E-state index is 0.326. The Morgan fingerprint density at radius 2 is 2.16 bits per heavy atom. The normalized spacial score (nSPS) is 12.6. The summed E-state index contributed by atoms with van der Waals surface area (Å²) in [5, 5.41) is 8.06. The fraction of sp³-hybridized carbons (Fsp3) is 0.400. The molecule has 4 heteroatoms. The largest absolute Gasteiger partial charge is 0.310 e. The van der Waals surface area contributed by atoms with Crippen LogP contribution in [0.5, 0.6) is 0 Å². The lowest BCUT2D eigenvalue weighted by Gasteiger charge is -2.19. The van der Waals surface area contributed by atoms with Gasteiger partial charge in [-0.3, -0.25) is 4.68 Å². The summed E-state index contributed by atoms with van der Waals surface area (Å²) in [6.45, 7) is 5.27. The molecule has 2 aromatic rings. The van der Waals surface area contributed by atoms with Crippen LogP contribution in [0.4, 0.5) is 0 Å². The standard InChI is InChI=1S/C15H20IN3/c1-4-17-14(10-12-8-9-19(3)18-12)13-7-5-6-11(2)15(13)16/h5-9,14,17H,4,10H2,1-3H3. The summed E-state index contributed by atoms with van der Waals surface area (Å²) in [7, 11) is 1.96. The number of hydrogen-bond acceptors (Lipinski definition) is 2. The lowest BCUT2D eigenvalue weighted by Crippen LogP contribution is -2.24. The molecule has 0 bridgehead atoms. The number of aromatic nitrogens is 2. The molecule has 0 saturated heterocycles. The van der Waals surface area contributed by atoms with E-state index in [1.165, 1.54) is 14.7 Å². The van der Waals surface area contributed by atoms with E-state index < -0.39 is 0 Å². The smallest absolute Gasteiger partial charge is 0.0643 e. The van der Waals surface area contributed by atoms with Crippen molar-refractivity contribution in [1.29, 1.82) is 0 Å². The third kappa shape index (κ3) is 3.57. The molecule has 0 radical (unpaired) electrons. The first-order valence-electron chi connectivity index (χ1n) is 6.58. The van der Waals surface area contributed by atoms with Crippen LogP contribution in [0, 0.1) is 10.5 Å². The van der Waals surface area contributed by atoms with Crippen LogP contribution in [0.2, 0.25) is 0 Å². The van der Waals surface area contributed by atoms with E-state index in [9.17, 15) is 0 Å². The summed E-state index contributed by atoms with van der Waals surface area (Å²) in [6, 6.07) is 8.93. The molecule has 0 fully saturated rings. The third-order valence-electron chi connectivity index (χ3n) is 3.23. The summed E-state index contributed by atoms with van der Waals surface area (Å²) >= 11 is 2.44. The van der Waals surface area contributed by atoms with Gasteiger partial charge in [0.25, 0.3) is 0 Å². The average molecular weight is 369 g/mol. The number of nitrogens with zero attached hydrogens (tertiary/aromatic N) is 2. The number of likely N-dealkylation sites (N-methyl/N-ethyl adjacent to an activating group) is 1. The molecule has 0 amide bonds. The Morgan fingerprint density at radius 3 is 2.79 bits per heavy atom. The zero-order chi connectivity index (χ0) is 13.8. The Morgan fingerprint density at radius 1 is 1.37 bits per heavy atom. The van der Waals surface area contributed by atoms with E-state index in [-0.39, 0.29) is 0 Å². The molecule has 0 aliphatic rings. The SMILES string of the molecule is CCNC(Cc1ccn(C)n1)c1cccc(C)c1I. The third-order valence-corrected chi connectivity index (χ3v) is 4.70. The lowest BCUT2D eigenvalue weighted by atomic mass is 10.00. The molecule has 1 heterocycles. The van der Waals surface area contributed by atoms with Crippen LogP contribution in [0.25, 0.3) is 0 Å². The molecule has 19 heavy (non-hydrogen) atoms. The molecule has 1 atom stereocenters. The quantitative estimate of drug-likeness (QED) is 0.821. The zero-order valence-electron chi connectivity index (χ0n) is 11.7. The zero-order valence-corrected chi connectivity index (χ0v) is 13.8. The van der Waals surface area contributed by atoms with Crippen molar-refractivity contribution in [2.75, 3.05) is 6.54 Å². The van der Waals surface area contributed by atoms with Gasteiger partial charge in [-0.1, -0.05) is 25.1 Å². The molecule has 0 spiro atoms. The molecule has 102 valence electrons. The topological polar surface area (TPSA) is 29.9 Å². The average Bonchev–Trinajstić information content (AvgIpc) is 2.78. The minimum Gasteiger partial charge on any atom is -0.310 e. The van der Waals surface area contributed by atoms with E-state index in [0.717, 1.165) is 18.7 Å². The molecule has 1 aromatic carbocycles. The predicted octanol–water partition coefficient (Wildman–Crippen LogP) is 3.23. The second-order valence-electron chi connectivity index (χ2n) is 4.77. The van der Waals surface area contributed by atoms with Crippen molar-refractivity contribution < 1.29 is 0 Å². The van der Waals surface area contributed by atoms with Gasteiger partial charge in [-0.2, -0.15) is 5.10 Å². The van der Waals surface area contributed by atoms with Crippen LogP contribution in [0.1, 0.15) is 29.8 Å². The fourth-order valence-electron chi connectivity index (χ4n) is 2.26. The molecule has 0 aliphatic heterocycles. The van der Waals surface area contributed by atoms with Gasteiger partial charge < -0.3 is 5.32 Å². The predicted molar refractivity (Wildman–Crippen MR) is 87.2 cm³/mol. The summed E-state index contributed by atoms with van der Waals surface area (Å²) in [5.74, 6) is 0. The van der Waals surface area contributed by atoms with Gasteiger partial charge >= 0.3 is 0 Å². The monoisotopic (exact) mass is 369 g/mol. The van der Waals surface area contributed by atoms with Gasteiger partial charge in [-0.25, -0.2) is 0 Å². The van der Waals surface area contributed by atoms with Crippen molar-refractivity contribution in [1.82, 2.24) is 15.1 Å². The van der Waals surface area contributed by atoms with Crippen molar-refractivity contribution >= 4 is 22.6 Å². The Balaban J connectivity index is 2.26. The van der Waals surface area contributed by atoms with Crippen LogP contribution in [-0.2, 0) is 13.5 Å². The Kier molecular flexibility index (Phi) is 4.99.